The van der Waals surface area contributed by atoms with Crippen molar-refractivity contribution < 1.29 is 19.7 Å². The van der Waals surface area contributed by atoms with Gasteiger partial charge in [0.25, 0.3) is 0 Å². The number of ether oxygens (including phenoxy) is 2. The highest BCUT2D eigenvalue weighted by atomic mass is 16.7. The lowest BCUT2D eigenvalue weighted by atomic mass is 9.32. The second-order valence-electron chi connectivity index (χ2n) is 17.6. The Labute approximate surface area is 257 Å². The molecular formula is C37H65NO4. The SMILES string of the molecule is CC(CNCCO)[C@@H]1CC[C@]2(COC3CCCCO3)CC[C@]3(C)[C@H](CC[C@@H]4[C@@]5(C)CCC(O)C(C)(C)[C@@H]5CC[C@]43C)[C@@H]12. The molecular weight excluding hydrogens is 522 g/mol. The largest absolute Gasteiger partial charge is 0.395 e. The molecule has 1 saturated heterocycles. The van der Waals surface area contributed by atoms with Gasteiger partial charge in [-0.2, -0.15) is 0 Å². The van der Waals surface area contributed by atoms with Gasteiger partial charge in [-0.05, 0) is 153 Å². The lowest BCUT2D eigenvalue weighted by molar-refractivity contribution is -0.257. The number of aliphatic hydroxyl groups excluding tert-OH is 2. The van der Waals surface area contributed by atoms with Gasteiger partial charge in [-0.1, -0.05) is 41.5 Å². The van der Waals surface area contributed by atoms with E-state index in [9.17, 15) is 10.2 Å². The quantitative estimate of drug-likeness (QED) is 0.262. The number of aliphatic hydroxyl groups is 2. The predicted octanol–water partition coefficient (Wildman–Crippen LogP) is 7.19. The number of fused-ring (bicyclic) bond motifs is 7. The van der Waals surface area contributed by atoms with E-state index in [0.29, 0.717) is 46.5 Å². The number of hydrogen-bond acceptors (Lipinski definition) is 5. The van der Waals surface area contributed by atoms with E-state index >= 15 is 0 Å². The maximum atomic E-state index is 11.1. The zero-order valence-corrected chi connectivity index (χ0v) is 28.1. The van der Waals surface area contributed by atoms with Gasteiger partial charge in [0.15, 0.2) is 6.29 Å². The number of rotatable bonds is 8. The van der Waals surface area contributed by atoms with Gasteiger partial charge in [0.1, 0.15) is 0 Å². The summed E-state index contributed by atoms with van der Waals surface area (Å²) in [6.07, 6.45) is 16.1. The van der Waals surface area contributed by atoms with Crippen LogP contribution in [0.4, 0.5) is 0 Å². The zero-order valence-electron chi connectivity index (χ0n) is 28.1. The Balaban J connectivity index is 1.31. The van der Waals surface area contributed by atoms with Crippen LogP contribution in [0.1, 0.15) is 125 Å². The Bertz CT molecular complexity index is 950. The highest BCUT2D eigenvalue weighted by Crippen LogP contribution is 2.77. The minimum Gasteiger partial charge on any atom is -0.395 e. The number of nitrogens with one attached hydrogen (secondary N) is 1. The van der Waals surface area contributed by atoms with Crippen molar-refractivity contribution in [3.8, 4) is 0 Å². The first kappa shape index (κ1) is 31.8. The molecule has 5 nitrogen and oxygen atoms in total. The maximum absolute atomic E-state index is 11.1. The summed E-state index contributed by atoms with van der Waals surface area (Å²) < 4.78 is 12.8. The normalized spacial score (nSPS) is 50.7. The van der Waals surface area contributed by atoms with Crippen LogP contribution in [0.5, 0.6) is 0 Å². The van der Waals surface area contributed by atoms with E-state index in [4.69, 9.17) is 9.47 Å². The molecule has 12 atom stereocenters. The molecule has 0 aromatic carbocycles. The van der Waals surface area contributed by atoms with Crippen LogP contribution < -0.4 is 5.32 Å². The third-order valence-corrected chi connectivity index (χ3v) is 15.8. The van der Waals surface area contributed by atoms with Crippen molar-refractivity contribution in [2.24, 2.45) is 62.6 Å². The molecule has 5 saturated carbocycles. The van der Waals surface area contributed by atoms with Crippen molar-refractivity contribution in [3.05, 3.63) is 0 Å². The maximum Gasteiger partial charge on any atom is 0.157 e. The van der Waals surface area contributed by atoms with Crippen molar-refractivity contribution in [3.63, 3.8) is 0 Å². The van der Waals surface area contributed by atoms with Crippen LogP contribution >= 0.6 is 0 Å². The van der Waals surface area contributed by atoms with Crippen LogP contribution in [0.25, 0.3) is 0 Å². The monoisotopic (exact) mass is 587 g/mol. The predicted molar refractivity (Wildman–Crippen MR) is 169 cm³/mol. The van der Waals surface area contributed by atoms with Crippen LogP contribution in [-0.4, -0.2) is 55.5 Å². The molecule has 0 radical (unpaired) electrons. The molecule has 3 unspecified atom stereocenters. The second-order valence-corrected chi connectivity index (χ2v) is 17.6. The smallest absolute Gasteiger partial charge is 0.157 e. The Hall–Kier alpha value is -0.200. The van der Waals surface area contributed by atoms with Crippen molar-refractivity contribution >= 4 is 0 Å². The van der Waals surface area contributed by atoms with Gasteiger partial charge in [0, 0.05) is 13.2 Å². The van der Waals surface area contributed by atoms with Gasteiger partial charge in [0.05, 0.1) is 19.3 Å². The van der Waals surface area contributed by atoms with Gasteiger partial charge in [0.2, 0.25) is 0 Å². The van der Waals surface area contributed by atoms with Crippen molar-refractivity contribution in [1.29, 1.82) is 0 Å². The van der Waals surface area contributed by atoms with Gasteiger partial charge in [-0.15, -0.1) is 0 Å². The zero-order chi connectivity index (χ0) is 30.0. The highest BCUT2D eigenvalue weighted by molar-refractivity contribution is 5.19. The molecule has 0 spiro atoms. The Morgan fingerprint density at radius 1 is 0.857 bits per heavy atom. The van der Waals surface area contributed by atoms with Crippen molar-refractivity contribution in [2.75, 3.05) is 32.9 Å². The van der Waals surface area contributed by atoms with E-state index in [2.05, 4.69) is 46.9 Å². The lowest BCUT2D eigenvalue weighted by Gasteiger charge is -2.73. The third-order valence-electron chi connectivity index (χ3n) is 15.8. The van der Waals surface area contributed by atoms with Crippen LogP contribution in [0.2, 0.25) is 0 Å². The molecule has 6 aliphatic rings. The van der Waals surface area contributed by atoms with Crippen LogP contribution in [0, 0.1) is 62.6 Å². The minimum absolute atomic E-state index is 0.00160. The second kappa shape index (κ2) is 11.6. The summed E-state index contributed by atoms with van der Waals surface area (Å²) in [7, 11) is 0. The Morgan fingerprint density at radius 2 is 1.67 bits per heavy atom. The fraction of sp³-hybridized carbons (Fsp3) is 1.00. The topological polar surface area (TPSA) is 71.0 Å². The van der Waals surface area contributed by atoms with Crippen LogP contribution in [-0.2, 0) is 9.47 Å². The molecule has 5 heteroatoms. The van der Waals surface area contributed by atoms with Crippen molar-refractivity contribution in [2.45, 2.75) is 137 Å². The van der Waals surface area contributed by atoms with Crippen LogP contribution in [0.15, 0.2) is 0 Å². The Morgan fingerprint density at radius 3 is 2.40 bits per heavy atom. The van der Waals surface area contributed by atoms with E-state index in [0.717, 1.165) is 44.4 Å². The first-order valence-electron chi connectivity index (χ1n) is 18.2. The summed E-state index contributed by atoms with van der Waals surface area (Å²) in [6.45, 7) is 19.0. The summed E-state index contributed by atoms with van der Waals surface area (Å²) in [4.78, 5) is 0. The number of hydrogen-bond donors (Lipinski definition) is 3. The fourth-order valence-corrected chi connectivity index (χ4v) is 13.3. The van der Waals surface area contributed by atoms with Gasteiger partial charge < -0.3 is 25.0 Å². The van der Waals surface area contributed by atoms with E-state index in [1.807, 2.05) is 0 Å². The summed E-state index contributed by atoms with van der Waals surface area (Å²) in [6, 6.07) is 0. The first-order valence-corrected chi connectivity index (χ1v) is 18.2. The molecule has 42 heavy (non-hydrogen) atoms. The summed E-state index contributed by atoms with van der Waals surface area (Å²) >= 11 is 0. The van der Waals surface area contributed by atoms with Crippen molar-refractivity contribution in [1.82, 2.24) is 5.32 Å². The van der Waals surface area contributed by atoms with Crippen LogP contribution in [0.3, 0.4) is 0 Å². The van der Waals surface area contributed by atoms with Gasteiger partial charge in [-0.3, -0.25) is 0 Å². The molecule has 5 aliphatic carbocycles. The summed E-state index contributed by atoms with van der Waals surface area (Å²) in [5.41, 5.74) is 1.32. The standard InChI is InChI=1S/C37H65NO4/c1-25(23-38-20-21-39)26-12-17-37(24-42-31-9-7-8-22-41-31)19-18-35(5)27(32(26)37)10-11-29-34(4)15-14-30(40)33(2,3)28(34)13-16-36(29,35)6/h25-32,38-40H,7-24H2,1-6H3/t25?,26-,27+,28-,29+,30?,31?,32+,34-,35+,36+,37+/m0/s1. The van der Waals surface area contributed by atoms with Gasteiger partial charge in [-0.25, -0.2) is 0 Å². The molecule has 0 aromatic heterocycles. The minimum atomic E-state index is -0.157. The molecule has 1 aliphatic heterocycles. The van der Waals surface area contributed by atoms with E-state index in [1.165, 1.54) is 70.6 Å². The average Bonchev–Trinajstić information content (AvgIpc) is 3.35. The van der Waals surface area contributed by atoms with E-state index in [-0.39, 0.29) is 29.8 Å². The Kier molecular flexibility index (Phi) is 8.74. The molecule has 6 fully saturated rings. The fourth-order valence-electron chi connectivity index (χ4n) is 13.3. The first-order chi connectivity index (χ1) is 19.9. The molecule has 3 N–H and O–H groups in total. The third kappa shape index (κ3) is 4.79. The summed E-state index contributed by atoms with van der Waals surface area (Å²) in [5.74, 6) is 4.15. The van der Waals surface area contributed by atoms with E-state index in [1.54, 1.807) is 0 Å². The average molecular weight is 588 g/mol. The molecule has 6 rings (SSSR count). The summed E-state index contributed by atoms with van der Waals surface area (Å²) in [5, 5.41) is 24.1. The molecule has 0 aromatic rings. The highest BCUT2D eigenvalue weighted by Gasteiger charge is 2.71. The van der Waals surface area contributed by atoms with Gasteiger partial charge >= 0.3 is 0 Å². The molecule has 242 valence electrons. The van der Waals surface area contributed by atoms with E-state index < -0.39 is 0 Å². The molecule has 0 amide bonds. The lowest BCUT2D eigenvalue weighted by Crippen LogP contribution is -2.67. The molecule has 0 bridgehead atoms. The molecule has 1 heterocycles.